The van der Waals surface area contributed by atoms with Crippen LogP contribution in [0.3, 0.4) is 0 Å². The Bertz CT molecular complexity index is 879. The summed E-state index contributed by atoms with van der Waals surface area (Å²) in [4.78, 5) is 17.1. The maximum absolute atomic E-state index is 12.1. The second kappa shape index (κ2) is 6.15. The number of aryl methyl sites for hydroxylation is 1. The second-order valence-corrected chi connectivity index (χ2v) is 5.95. The zero-order chi connectivity index (χ0) is 15.5. The summed E-state index contributed by atoms with van der Waals surface area (Å²) in [7, 11) is 3.56. The molecular weight excluding hydrogens is 296 g/mol. The van der Waals surface area contributed by atoms with Crippen LogP contribution in [0.2, 0.25) is 0 Å². The highest BCUT2D eigenvalue weighted by atomic mass is 32.1. The minimum atomic E-state index is -0.139. The van der Waals surface area contributed by atoms with E-state index in [2.05, 4.69) is 4.99 Å². The number of fused-ring (bicyclic) bond motifs is 1. The third kappa shape index (κ3) is 2.94. The van der Waals surface area contributed by atoms with Gasteiger partial charge in [0.2, 0.25) is 0 Å². The summed E-state index contributed by atoms with van der Waals surface area (Å²) in [5.74, 6) is 0.664. The number of nitrogens with zero attached hydrogens (tertiary/aromatic N) is 2. The van der Waals surface area contributed by atoms with Gasteiger partial charge in [-0.15, -0.1) is 0 Å². The summed E-state index contributed by atoms with van der Waals surface area (Å²) in [5.41, 5.74) is 2.01. The van der Waals surface area contributed by atoms with Crippen LogP contribution in [0, 0.1) is 0 Å². The fourth-order valence-electron chi connectivity index (χ4n) is 2.26. The maximum atomic E-state index is 12.1. The fraction of sp³-hybridized carbons (Fsp3) is 0.176. The van der Waals surface area contributed by atoms with E-state index in [0.717, 1.165) is 21.5 Å². The molecular formula is C17H16N2O2S. The molecule has 1 aromatic heterocycles. The molecule has 0 aliphatic rings. The number of ether oxygens (including phenoxy) is 1. The lowest BCUT2D eigenvalue weighted by Crippen LogP contribution is -2.14. The van der Waals surface area contributed by atoms with E-state index in [9.17, 15) is 4.79 Å². The molecule has 1 heterocycles. The number of amides is 1. The van der Waals surface area contributed by atoms with Gasteiger partial charge in [-0.2, -0.15) is 4.99 Å². The Balaban J connectivity index is 1.95. The molecule has 0 bridgehead atoms. The second-order valence-electron chi connectivity index (χ2n) is 4.95. The Morgan fingerprint density at radius 2 is 2.00 bits per heavy atom. The van der Waals surface area contributed by atoms with Gasteiger partial charge in [0.1, 0.15) is 5.75 Å². The summed E-state index contributed by atoms with van der Waals surface area (Å²) >= 11 is 1.49. The molecule has 0 saturated heterocycles. The predicted molar refractivity (Wildman–Crippen MR) is 88.1 cm³/mol. The van der Waals surface area contributed by atoms with E-state index >= 15 is 0 Å². The lowest BCUT2D eigenvalue weighted by atomic mass is 10.1. The predicted octanol–water partition coefficient (Wildman–Crippen LogP) is 2.92. The van der Waals surface area contributed by atoms with Gasteiger partial charge in [0, 0.05) is 7.05 Å². The highest BCUT2D eigenvalue weighted by molar-refractivity contribution is 7.16. The lowest BCUT2D eigenvalue weighted by molar-refractivity contribution is -0.117. The van der Waals surface area contributed by atoms with Gasteiger partial charge in [-0.1, -0.05) is 41.7 Å². The largest absolute Gasteiger partial charge is 0.497 e. The van der Waals surface area contributed by atoms with Crippen molar-refractivity contribution in [2.24, 2.45) is 12.0 Å². The summed E-state index contributed by atoms with van der Waals surface area (Å²) in [5, 5.41) is 0. The van der Waals surface area contributed by atoms with Crippen LogP contribution in [0.4, 0.5) is 0 Å². The van der Waals surface area contributed by atoms with Crippen LogP contribution < -0.4 is 9.54 Å². The first-order valence-corrected chi connectivity index (χ1v) is 7.74. The number of hydrogen-bond acceptors (Lipinski definition) is 3. The minimum Gasteiger partial charge on any atom is -0.497 e. The van der Waals surface area contributed by atoms with Crippen LogP contribution in [0.5, 0.6) is 5.75 Å². The number of aromatic nitrogens is 1. The summed E-state index contributed by atoms with van der Waals surface area (Å²) < 4.78 is 8.21. The molecule has 3 aromatic rings. The molecule has 112 valence electrons. The summed E-state index contributed by atoms with van der Waals surface area (Å²) in [6.45, 7) is 0. The van der Waals surface area contributed by atoms with E-state index in [-0.39, 0.29) is 5.91 Å². The molecule has 1 amide bonds. The number of thiazole rings is 1. The Morgan fingerprint density at radius 1 is 1.23 bits per heavy atom. The van der Waals surface area contributed by atoms with Crippen molar-refractivity contribution in [3.8, 4) is 5.75 Å². The van der Waals surface area contributed by atoms with Crippen molar-refractivity contribution in [1.29, 1.82) is 0 Å². The first-order valence-electron chi connectivity index (χ1n) is 6.92. The zero-order valence-electron chi connectivity index (χ0n) is 12.4. The quantitative estimate of drug-likeness (QED) is 0.746. The zero-order valence-corrected chi connectivity index (χ0v) is 13.3. The van der Waals surface area contributed by atoms with Gasteiger partial charge >= 0.3 is 0 Å². The number of rotatable bonds is 3. The van der Waals surface area contributed by atoms with Crippen LogP contribution in [-0.2, 0) is 18.3 Å². The van der Waals surface area contributed by atoms with Crippen molar-refractivity contribution in [2.45, 2.75) is 6.42 Å². The van der Waals surface area contributed by atoms with Crippen molar-refractivity contribution in [3.63, 3.8) is 0 Å². The Kier molecular flexibility index (Phi) is 4.06. The van der Waals surface area contributed by atoms with E-state index in [1.165, 1.54) is 11.3 Å². The molecule has 0 spiro atoms. The van der Waals surface area contributed by atoms with Gasteiger partial charge in [0.15, 0.2) is 4.80 Å². The van der Waals surface area contributed by atoms with Gasteiger partial charge in [-0.05, 0) is 23.8 Å². The average Bonchev–Trinajstić information content (AvgIpc) is 2.83. The smallest absolute Gasteiger partial charge is 0.252 e. The number of carbonyl (C=O) groups is 1. The minimum absolute atomic E-state index is 0.139. The Labute approximate surface area is 132 Å². The molecule has 0 aliphatic carbocycles. The van der Waals surface area contributed by atoms with Crippen LogP contribution in [-0.4, -0.2) is 17.6 Å². The van der Waals surface area contributed by atoms with Crippen molar-refractivity contribution >= 4 is 27.5 Å². The average molecular weight is 312 g/mol. The number of benzene rings is 2. The highest BCUT2D eigenvalue weighted by Gasteiger charge is 2.07. The first kappa shape index (κ1) is 14.5. The van der Waals surface area contributed by atoms with Crippen molar-refractivity contribution in [1.82, 2.24) is 4.57 Å². The Morgan fingerprint density at radius 3 is 2.73 bits per heavy atom. The molecule has 0 saturated carbocycles. The first-order chi connectivity index (χ1) is 10.7. The number of hydrogen-bond donors (Lipinski definition) is 0. The van der Waals surface area contributed by atoms with E-state index in [0.29, 0.717) is 11.2 Å². The summed E-state index contributed by atoms with van der Waals surface area (Å²) in [6, 6.07) is 15.5. The van der Waals surface area contributed by atoms with Gasteiger partial charge in [-0.25, -0.2) is 0 Å². The molecule has 0 radical (unpaired) electrons. The highest BCUT2D eigenvalue weighted by Crippen LogP contribution is 2.22. The van der Waals surface area contributed by atoms with E-state index in [1.54, 1.807) is 7.11 Å². The molecule has 4 nitrogen and oxygen atoms in total. The standard InChI is InChI=1S/C17H16N2O2S/c1-19-14-9-8-13(21-2)11-15(14)22-17(19)18-16(20)10-12-6-4-3-5-7-12/h3-9,11H,10H2,1-2H3. The van der Waals surface area contributed by atoms with Crippen LogP contribution in [0.25, 0.3) is 10.2 Å². The monoisotopic (exact) mass is 312 g/mol. The fourth-order valence-corrected chi connectivity index (χ4v) is 3.33. The normalized spacial score (nSPS) is 11.8. The number of carbonyl (C=O) groups excluding carboxylic acids is 1. The molecule has 0 atom stereocenters. The van der Waals surface area contributed by atoms with Crippen LogP contribution in [0.15, 0.2) is 53.5 Å². The molecule has 22 heavy (non-hydrogen) atoms. The van der Waals surface area contributed by atoms with Crippen LogP contribution in [0.1, 0.15) is 5.56 Å². The molecule has 0 aliphatic heterocycles. The maximum Gasteiger partial charge on any atom is 0.252 e. The molecule has 3 rings (SSSR count). The van der Waals surface area contributed by atoms with Gasteiger partial charge in [0.05, 0.1) is 23.7 Å². The van der Waals surface area contributed by atoms with E-state index in [4.69, 9.17) is 4.74 Å². The molecule has 0 N–H and O–H groups in total. The van der Waals surface area contributed by atoms with E-state index in [1.807, 2.05) is 60.1 Å². The Hall–Kier alpha value is -2.40. The van der Waals surface area contributed by atoms with Gasteiger partial charge in [0.25, 0.3) is 5.91 Å². The molecule has 0 fully saturated rings. The van der Waals surface area contributed by atoms with Gasteiger partial charge < -0.3 is 9.30 Å². The molecule has 0 unspecified atom stereocenters. The van der Waals surface area contributed by atoms with Crippen molar-refractivity contribution in [3.05, 3.63) is 58.9 Å². The third-order valence-electron chi connectivity index (χ3n) is 3.44. The summed E-state index contributed by atoms with van der Waals surface area (Å²) in [6.07, 6.45) is 0.318. The lowest BCUT2D eigenvalue weighted by Gasteiger charge is -1.99. The molecule has 5 heteroatoms. The SMILES string of the molecule is COc1ccc2c(c1)sc(=NC(=O)Cc1ccccc1)n2C. The van der Waals surface area contributed by atoms with E-state index < -0.39 is 0 Å². The van der Waals surface area contributed by atoms with Crippen LogP contribution >= 0.6 is 11.3 Å². The van der Waals surface area contributed by atoms with Gasteiger partial charge in [-0.3, -0.25) is 4.79 Å². The number of methoxy groups -OCH3 is 1. The third-order valence-corrected chi connectivity index (χ3v) is 4.53. The molecule has 2 aromatic carbocycles. The topological polar surface area (TPSA) is 43.6 Å². The van der Waals surface area contributed by atoms with Crippen molar-refractivity contribution in [2.75, 3.05) is 7.11 Å². The van der Waals surface area contributed by atoms with Crippen molar-refractivity contribution < 1.29 is 9.53 Å².